The molecule has 6 nitrogen and oxygen atoms in total. The summed E-state index contributed by atoms with van der Waals surface area (Å²) < 4.78 is 1.83. The van der Waals surface area contributed by atoms with Crippen LogP contribution in [0.2, 0.25) is 0 Å². The van der Waals surface area contributed by atoms with Crippen molar-refractivity contribution in [3.8, 4) is 0 Å². The van der Waals surface area contributed by atoms with E-state index in [4.69, 9.17) is 0 Å². The molecule has 0 unspecified atom stereocenters. The maximum atomic E-state index is 13.2. The second-order valence-corrected chi connectivity index (χ2v) is 8.67. The standard InChI is InChI=1S/C21H31N5O/c1-15(2)13-24-10-5-17(6-11-24)18-7-12-25(14-18)20(27)19-16(3)23-21-22-8-4-9-26(19)21/h4,8-9,15,17-18H,5-7,10-14H2,1-3H3/t18-/m1/s1. The maximum absolute atomic E-state index is 13.2. The fourth-order valence-electron chi connectivity index (χ4n) is 4.89. The van der Waals surface area contributed by atoms with Crippen molar-refractivity contribution in [2.45, 2.75) is 40.0 Å². The third-order valence-corrected chi connectivity index (χ3v) is 6.21. The number of likely N-dealkylation sites (tertiary alicyclic amines) is 2. The minimum atomic E-state index is 0.104. The van der Waals surface area contributed by atoms with Crippen molar-refractivity contribution in [1.82, 2.24) is 24.2 Å². The Morgan fingerprint density at radius 3 is 2.67 bits per heavy atom. The minimum Gasteiger partial charge on any atom is -0.337 e. The minimum absolute atomic E-state index is 0.104. The largest absolute Gasteiger partial charge is 0.337 e. The Balaban J connectivity index is 1.40. The van der Waals surface area contributed by atoms with Gasteiger partial charge in [-0.05, 0) is 63.1 Å². The van der Waals surface area contributed by atoms with Crippen molar-refractivity contribution in [2.75, 3.05) is 32.7 Å². The number of imidazole rings is 1. The highest BCUT2D eigenvalue weighted by Crippen LogP contribution is 2.32. The van der Waals surface area contributed by atoms with Gasteiger partial charge in [-0.15, -0.1) is 0 Å². The molecule has 27 heavy (non-hydrogen) atoms. The SMILES string of the molecule is Cc1nc2ncccn2c1C(=O)N1CC[C@@H](C2CCN(CC(C)C)CC2)C1. The summed E-state index contributed by atoms with van der Waals surface area (Å²) in [4.78, 5) is 26.5. The van der Waals surface area contributed by atoms with Crippen LogP contribution in [0.5, 0.6) is 0 Å². The fraction of sp³-hybridized carbons (Fsp3) is 0.667. The number of carbonyl (C=O) groups excluding carboxylic acids is 1. The summed E-state index contributed by atoms with van der Waals surface area (Å²) >= 11 is 0. The van der Waals surface area contributed by atoms with Crippen LogP contribution in [0, 0.1) is 24.7 Å². The van der Waals surface area contributed by atoms with E-state index in [-0.39, 0.29) is 5.91 Å². The zero-order chi connectivity index (χ0) is 19.0. The summed E-state index contributed by atoms with van der Waals surface area (Å²) in [7, 11) is 0. The second kappa shape index (κ2) is 7.58. The van der Waals surface area contributed by atoms with Gasteiger partial charge in [0.15, 0.2) is 0 Å². The molecule has 0 saturated carbocycles. The molecule has 146 valence electrons. The molecule has 0 radical (unpaired) electrons. The topological polar surface area (TPSA) is 53.7 Å². The van der Waals surface area contributed by atoms with E-state index in [1.54, 1.807) is 6.20 Å². The lowest BCUT2D eigenvalue weighted by Gasteiger charge is -2.35. The van der Waals surface area contributed by atoms with Gasteiger partial charge < -0.3 is 9.80 Å². The molecule has 0 aliphatic carbocycles. The number of hydrogen-bond donors (Lipinski definition) is 0. The average molecular weight is 370 g/mol. The summed E-state index contributed by atoms with van der Waals surface area (Å²) in [5.74, 6) is 2.85. The second-order valence-electron chi connectivity index (χ2n) is 8.67. The lowest BCUT2D eigenvalue weighted by atomic mass is 9.83. The Bertz CT molecular complexity index is 806. The molecule has 0 N–H and O–H groups in total. The first-order valence-electron chi connectivity index (χ1n) is 10.3. The van der Waals surface area contributed by atoms with Crippen molar-refractivity contribution in [3.63, 3.8) is 0 Å². The van der Waals surface area contributed by atoms with E-state index in [9.17, 15) is 4.79 Å². The van der Waals surface area contributed by atoms with Crippen LogP contribution in [0.3, 0.4) is 0 Å². The third kappa shape index (κ3) is 3.72. The Kier molecular flexibility index (Phi) is 5.17. The molecular formula is C21H31N5O. The van der Waals surface area contributed by atoms with Crippen LogP contribution < -0.4 is 0 Å². The number of carbonyl (C=O) groups is 1. The highest BCUT2D eigenvalue weighted by molar-refractivity contribution is 5.94. The molecule has 2 aromatic rings. The van der Waals surface area contributed by atoms with E-state index >= 15 is 0 Å². The van der Waals surface area contributed by atoms with Crippen LogP contribution >= 0.6 is 0 Å². The first-order valence-corrected chi connectivity index (χ1v) is 10.3. The van der Waals surface area contributed by atoms with E-state index in [2.05, 4.69) is 28.7 Å². The molecule has 2 aliphatic heterocycles. The Hall–Kier alpha value is -1.95. The number of aryl methyl sites for hydroxylation is 1. The Labute approximate surface area is 161 Å². The zero-order valence-corrected chi connectivity index (χ0v) is 16.8. The van der Waals surface area contributed by atoms with Crippen LogP contribution in [-0.2, 0) is 0 Å². The van der Waals surface area contributed by atoms with Crippen molar-refractivity contribution < 1.29 is 4.79 Å². The summed E-state index contributed by atoms with van der Waals surface area (Å²) in [6.45, 7) is 11.9. The van der Waals surface area contributed by atoms with Gasteiger partial charge in [0.2, 0.25) is 5.78 Å². The quantitative estimate of drug-likeness (QED) is 0.832. The number of nitrogens with zero attached hydrogens (tertiary/aromatic N) is 5. The molecule has 4 heterocycles. The van der Waals surface area contributed by atoms with Crippen LogP contribution in [0.1, 0.15) is 49.3 Å². The van der Waals surface area contributed by atoms with Crippen LogP contribution in [0.25, 0.3) is 5.78 Å². The summed E-state index contributed by atoms with van der Waals surface area (Å²) in [6.07, 6.45) is 7.28. The molecule has 0 aromatic carbocycles. The smallest absolute Gasteiger partial charge is 0.272 e. The number of fused-ring (bicyclic) bond motifs is 1. The predicted molar refractivity (Wildman–Crippen MR) is 106 cm³/mol. The van der Waals surface area contributed by atoms with Crippen LogP contribution in [-0.4, -0.2) is 62.8 Å². The molecule has 6 heteroatoms. The predicted octanol–water partition coefficient (Wildman–Crippen LogP) is 2.87. The van der Waals surface area contributed by atoms with Gasteiger partial charge in [-0.2, -0.15) is 0 Å². The molecule has 0 spiro atoms. The maximum Gasteiger partial charge on any atom is 0.272 e. The van der Waals surface area contributed by atoms with Crippen LogP contribution in [0.4, 0.5) is 0 Å². The van der Waals surface area contributed by atoms with E-state index in [1.807, 2.05) is 28.5 Å². The third-order valence-electron chi connectivity index (χ3n) is 6.21. The molecular weight excluding hydrogens is 338 g/mol. The van der Waals surface area contributed by atoms with Gasteiger partial charge in [-0.25, -0.2) is 9.97 Å². The van der Waals surface area contributed by atoms with Crippen molar-refractivity contribution >= 4 is 11.7 Å². The Morgan fingerprint density at radius 2 is 1.93 bits per heavy atom. The van der Waals surface area contributed by atoms with E-state index < -0.39 is 0 Å². The molecule has 2 aliphatic rings. The molecule has 1 amide bonds. The molecule has 2 saturated heterocycles. The normalized spacial score (nSPS) is 22.2. The highest BCUT2D eigenvalue weighted by Gasteiger charge is 2.35. The van der Waals surface area contributed by atoms with Gasteiger partial charge in [-0.3, -0.25) is 9.20 Å². The molecule has 0 bridgehead atoms. The first-order chi connectivity index (χ1) is 13.0. The van der Waals surface area contributed by atoms with Crippen molar-refractivity contribution in [1.29, 1.82) is 0 Å². The van der Waals surface area contributed by atoms with Gasteiger partial charge in [0, 0.05) is 32.0 Å². The molecule has 2 fully saturated rings. The van der Waals surface area contributed by atoms with Gasteiger partial charge >= 0.3 is 0 Å². The number of piperidine rings is 1. The van der Waals surface area contributed by atoms with Crippen molar-refractivity contribution in [2.24, 2.45) is 17.8 Å². The van der Waals surface area contributed by atoms with Gasteiger partial charge in [0.1, 0.15) is 5.69 Å². The van der Waals surface area contributed by atoms with Crippen LogP contribution in [0.15, 0.2) is 18.5 Å². The van der Waals surface area contributed by atoms with E-state index in [0.29, 0.717) is 17.4 Å². The lowest BCUT2D eigenvalue weighted by Crippen LogP contribution is -2.39. The lowest BCUT2D eigenvalue weighted by molar-refractivity contribution is 0.0764. The first kappa shape index (κ1) is 18.4. The number of rotatable bonds is 4. The van der Waals surface area contributed by atoms with Gasteiger partial charge in [0.25, 0.3) is 5.91 Å². The van der Waals surface area contributed by atoms with E-state index in [1.165, 1.54) is 32.5 Å². The number of hydrogen-bond acceptors (Lipinski definition) is 4. The number of aromatic nitrogens is 3. The summed E-state index contributed by atoms with van der Waals surface area (Å²) in [5, 5.41) is 0. The summed E-state index contributed by atoms with van der Waals surface area (Å²) in [5.41, 5.74) is 1.44. The van der Waals surface area contributed by atoms with E-state index in [0.717, 1.165) is 37.0 Å². The molecule has 2 aromatic heterocycles. The molecule has 4 rings (SSSR count). The van der Waals surface area contributed by atoms with Gasteiger partial charge in [0.05, 0.1) is 5.69 Å². The molecule has 1 atom stereocenters. The highest BCUT2D eigenvalue weighted by atomic mass is 16.2. The Morgan fingerprint density at radius 1 is 1.19 bits per heavy atom. The van der Waals surface area contributed by atoms with Gasteiger partial charge in [-0.1, -0.05) is 13.8 Å². The average Bonchev–Trinajstić information content (AvgIpc) is 3.25. The monoisotopic (exact) mass is 369 g/mol. The fourth-order valence-corrected chi connectivity index (χ4v) is 4.89. The van der Waals surface area contributed by atoms with Crippen molar-refractivity contribution in [3.05, 3.63) is 29.8 Å². The number of amides is 1. The summed E-state index contributed by atoms with van der Waals surface area (Å²) in [6, 6.07) is 1.85. The zero-order valence-electron chi connectivity index (χ0n) is 16.8.